The summed E-state index contributed by atoms with van der Waals surface area (Å²) in [7, 11) is 0. The Hall–Kier alpha value is -3.39. The Labute approximate surface area is 156 Å². The lowest BCUT2D eigenvalue weighted by molar-refractivity contribution is 0.102. The molecule has 0 aliphatic carbocycles. The van der Waals surface area contributed by atoms with Crippen molar-refractivity contribution in [2.24, 2.45) is 0 Å². The molecule has 4 rings (SSSR count). The molecule has 0 saturated carbocycles. The van der Waals surface area contributed by atoms with Gasteiger partial charge in [-0.2, -0.15) is 5.10 Å². The highest BCUT2D eigenvalue weighted by Gasteiger charge is 2.13. The lowest BCUT2D eigenvalue weighted by atomic mass is 10.2. The molecule has 0 unspecified atom stereocenters. The summed E-state index contributed by atoms with van der Waals surface area (Å²) in [6, 6.07) is 16.0. The average molecular weight is 380 g/mol. The Kier molecular flexibility index (Phi) is 4.47. The van der Waals surface area contributed by atoms with Crippen LogP contribution < -0.4 is 10.9 Å². The summed E-state index contributed by atoms with van der Waals surface area (Å²) in [5, 5.41) is 7.24. The van der Waals surface area contributed by atoms with Gasteiger partial charge in [0.25, 0.3) is 11.5 Å². The maximum Gasteiger partial charge on any atom is 0.277 e. The van der Waals surface area contributed by atoms with Crippen LogP contribution in [0.4, 0.5) is 9.52 Å². The Morgan fingerprint density at radius 2 is 1.96 bits per heavy atom. The van der Waals surface area contributed by atoms with Crippen LogP contribution in [0.1, 0.15) is 16.1 Å². The van der Waals surface area contributed by atoms with Crippen LogP contribution in [-0.2, 0) is 6.54 Å². The Balaban J connectivity index is 1.57. The summed E-state index contributed by atoms with van der Waals surface area (Å²) in [6.07, 6.45) is 0. The fraction of sp³-hybridized carbons (Fsp3) is 0.0526. The van der Waals surface area contributed by atoms with Gasteiger partial charge in [-0.3, -0.25) is 14.9 Å². The highest BCUT2D eigenvalue weighted by molar-refractivity contribution is 7.22. The van der Waals surface area contributed by atoms with Gasteiger partial charge in [0, 0.05) is 6.07 Å². The molecule has 0 radical (unpaired) electrons. The first-order valence-corrected chi connectivity index (χ1v) is 8.90. The number of rotatable bonds is 4. The van der Waals surface area contributed by atoms with Crippen LogP contribution in [0.3, 0.4) is 0 Å². The molecule has 0 fully saturated rings. The number of carbonyl (C=O) groups is 1. The quantitative estimate of drug-likeness (QED) is 0.589. The van der Waals surface area contributed by atoms with Crippen molar-refractivity contribution in [3.05, 3.63) is 88.1 Å². The van der Waals surface area contributed by atoms with E-state index in [1.54, 1.807) is 12.1 Å². The molecule has 0 atom stereocenters. The van der Waals surface area contributed by atoms with Crippen LogP contribution in [0.15, 0.2) is 65.5 Å². The van der Waals surface area contributed by atoms with Crippen molar-refractivity contribution in [3.63, 3.8) is 0 Å². The molecule has 2 heterocycles. The monoisotopic (exact) mass is 380 g/mol. The fourth-order valence-electron chi connectivity index (χ4n) is 2.58. The summed E-state index contributed by atoms with van der Waals surface area (Å²) in [5.41, 5.74) is 1.07. The predicted molar refractivity (Wildman–Crippen MR) is 102 cm³/mol. The van der Waals surface area contributed by atoms with Crippen LogP contribution in [0.25, 0.3) is 10.2 Å². The number of aromatic nitrogens is 3. The number of nitrogens with one attached hydrogen (secondary N) is 1. The second kappa shape index (κ2) is 7.08. The van der Waals surface area contributed by atoms with Crippen LogP contribution in [0.2, 0.25) is 0 Å². The Morgan fingerprint density at radius 3 is 2.78 bits per heavy atom. The topological polar surface area (TPSA) is 76.9 Å². The zero-order valence-electron chi connectivity index (χ0n) is 13.9. The number of amides is 1. The average Bonchev–Trinajstić information content (AvgIpc) is 3.05. The van der Waals surface area contributed by atoms with E-state index in [0.29, 0.717) is 10.7 Å². The van der Waals surface area contributed by atoms with Gasteiger partial charge in [-0.15, -0.1) is 0 Å². The Bertz CT molecular complexity index is 1170. The van der Waals surface area contributed by atoms with E-state index in [1.807, 2.05) is 24.3 Å². The van der Waals surface area contributed by atoms with E-state index < -0.39 is 11.7 Å². The van der Waals surface area contributed by atoms with Crippen molar-refractivity contribution < 1.29 is 9.18 Å². The smallest absolute Gasteiger partial charge is 0.277 e. The number of halogens is 1. The fourth-order valence-corrected chi connectivity index (χ4v) is 3.44. The van der Waals surface area contributed by atoms with Crippen LogP contribution in [0, 0.1) is 5.82 Å². The number of nitrogens with zero attached hydrogens (tertiary/aromatic N) is 3. The third-order valence-electron chi connectivity index (χ3n) is 3.83. The van der Waals surface area contributed by atoms with Crippen molar-refractivity contribution >= 4 is 32.6 Å². The number of hydrogen-bond donors (Lipinski definition) is 1. The third kappa shape index (κ3) is 3.75. The normalized spacial score (nSPS) is 10.9. The van der Waals surface area contributed by atoms with Crippen molar-refractivity contribution in [1.82, 2.24) is 14.8 Å². The van der Waals surface area contributed by atoms with Gasteiger partial charge < -0.3 is 0 Å². The van der Waals surface area contributed by atoms with Gasteiger partial charge in [0.15, 0.2) is 5.13 Å². The molecule has 0 saturated heterocycles. The minimum atomic E-state index is -0.470. The number of fused-ring (bicyclic) bond motifs is 1. The minimum Gasteiger partial charge on any atom is -0.296 e. The van der Waals surface area contributed by atoms with E-state index >= 15 is 0 Å². The largest absolute Gasteiger partial charge is 0.296 e. The van der Waals surface area contributed by atoms with E-state index in [4.69, 9.17) is 0 Å². The zero-order chi connectivity index (χ0) is 18.8. The number of hydrogen-bond acceptors (Lipinski definition) is 5. The molecule has 6 nitrogen and oxygen atoms in total. The van der Waals surface area contributed by atoms with Gasteiger partial charge in [0.05, 0.1) is 16.8 Å². The summed E-state index contributed by atoms with van der Waals surface area (Å²) < 4.78 is 15.4. The molecule has 27 heavy (non-hydrogen) atoms. The van der Waals surface area contributed by atoms with Gasteiger partial charge in [-0.25, -0.2) is 14.1 Å². The lowest BCUT2D eigenvalue weighted by Gasteiger charge is -2.07. The maximum absolute atomic E-state index is 13.3. The van der Waals surface area contributed by atoms with Crippen molar-refractivity contribution in [3.8, 4) is 0 Å². The third-order valence-corrected chi connectivity index (χ3v) is 4.79. The minimum absolute atomic E-state index is 0.0683. The van der Waals surface area contributed by atoms with Gasteiger partial charge >= 0.3 is 0 Å². The molecule has 1 amide bonds. The summed E-state index contributed by atoms with van der Waals surface area (Å²) in [4.78, 5) is 28.8. The number of thiazole rings is 1. The number of carbonyl (C=O) groups excluding carboxylic acids is 1. The highest BCUT2D eigenvalue weighted by Crippen LogP contribution is 2.25. The summed E-state index contributed by atoms with van der Waals surface area (Å²) in [5.74, 6) is -0.868. The van der Waals surface area contributed by atoms with Gasteiger partial charge in [-0.1, -0.05) is 35.6 Å². The van der Waals surface area contributed by atoms with E-state index in [2.05, 4.69) is 15.4 Å². The number of anilines is 1. The highest BCUT2D eigenvalue weighted by atomic mass is 32.1. The molecule has 2 aromatic carbocycles. The molecule has 0 spiro atoms. The second-order valence-corrected chi connectivity index (χ2v) is 6.82. The molecular weight excluding hydrogens is 367 g/mol. The first kappa shape index (κ1) is 17.0. The zero-order valence-corrected chi connectivity index (χ0v) is 14.7. The number of benzene rings is 2. The lowest BCUT2D eigenvalue weighted by Crippen LogP contribution is -2.26. The standard InChI is InChI=1S/C19H13FN4O2S/c20-13-5-3-4-12(10-13)11-24-17(25)9-8-15(23-24)18(26)22-19-21-14-6-1-2-7-16(14)27-19/h1-10H,11H2,(H,21,22,26). The van der Waals surface area contributed by atoms with E-state index in [1.165, 1.54) is 35.6 Å². The molecule has 1 N–H and O–H groups in total. The SMILES string of the molecule is O=C(Nc1nc2ccccc2s1)c1ccc(=O)n(Cc2cccc(F)c2)n1. The predicted octanol–water partition coefficient (Wildman–Crippen LogP) is 3.29. The molecule has 0 aliphatic heterocycles. The van der Waals surface area contributed by atoms with E-state index in [-0.39, 0.29) is 17.8 Å². The molecular formula is C19H13FN4O2S. The van der Waals surface area contributed by atoms with Crippen molar-refractivity contribution in [2.75, 3.05) is 5.32 Å². The van der Waals surface area contributed by atoms with E-state index in [9.17, 15) is 14.0 Å². The molecule has 0 aliphatic rings. The first-order valence-electron chi connectivity index (χ1n) is 8.08. The van der Waals surface area contributed by atoms with Gasteiger partial charge in [0.1, 0.15) is 11.5 Å². The van der Waals surface area contributed by atoms with Crippen molar-refractivity contribution in [2.45, 2.75) is 6.54 Å². The van der Waals surface area contributed by atoms with Crippen LogP contribution in [0.5, 0.6) is 0 Å². The first-order chi connectivity index (χ1) is 13.1. The molecule has 4 aromatic rings. The van der Waals surface area contributed by atoms with Crippen LogP contribution in [-0.4, -0.2) is 20.7 Å². The van der Waals surface area contributed by atoms with Crippen molar-refractivity contribution in [1.29, 1.82) is 0 Å². The Morgan fingerprint density at radius 1 is 1.11 bits per heavy atom. The molecule has 0 bridgehead atoms. The number of para-hydroxylation sites is 1. The van der Waals surface area contributed by atoms with Crippen LogP contribution >= 0.6 is 11.3 Å². The molecule has 2 aromatic heterocycles. The maximum atomic E-state index is 13.3. The molecule has 8 heteroatoms. The van der Waals surface area contributed by atoms with Gasteiger partial charge in [0.2, 0.25) is 0 Å². The van der Waals surface area contributed by atoms with E-state index in [0.717, 1.165) is 14.9 Å². The summed E-state index contributed by atoms with van der Waals surface area (Å²) >= 11 is 1.35. The van der Waals surface area contributed by atoms with Gasteiger partial charge in [-0.05, 0) is 35.9 Å². The second-order valence-electron chi connectivity index (χ2n) is 5.79. The molecule has 134 valence electrons. The summed E-state index contributed by atoms with van der Waals surface area (Å²) in [6.45, 7) is 0.0683.